The van der Waals surface area contributed by atoms with Gasteiger partial charge in [-0.15, -0.1) is 0 Å². The first-order valence-corrected chi connectivity index (χ1v) is 22.6. The maximum Gasteiger partial charge on any atom is 0.264 e. The van der Waals surface area contributed by atoms with Crippen LogP contribution in [0.1, 0.15) is 55.9 Å². The molecule has 346 valence electrons. The molecule has 3 aliphatic rings. The lowest BCUT2D eigenvalue weighted by atomic mass is 9.94. The van der Waals surface area contributed by atoms with Crippen molar-refractivity contribution in [2.24, 2.45) is 0 Å². The van der Waals surface area contributed by atoms with E-state index in [1.165, 1.54) is 18.0 Å². The molecule has 5 amide bonds. The van der Waals surface area contributed by atoms with Crippen molar-refractivity contribution < 1.29 is 42.6 Å². The molecule has 1 unspecified atom stereocenters. The van der Waals surface area contributed by atoms with E-state index in [0.29, 0.717) is 121 Å². The van der Waals surface area contributed by atoms with Crippen LogP contribution in [0, 0.1) is 5.82 Å². The van der Waals surface area contributed by atoms with Crippen LogP contribution in [0.2, 0.25) is 0 Å². The highest BCUT2D eigenvalue weighted by molar-refractivity contribution is 8.00. The van der Waals surface area contributed by atoms with Gasteiger partial charge in [0.15, 0.2) is 0 Å². The minimum absolute atomic E-state index is 0.102. The minimum Gasteiger partial charge on any atom is -0.383 e. The molecule has 67 heavy (non-hydrogen) atoms. The number of hydrogen-bond donors (Lipinski definition) is 6. The van der Waals surface area contributed by atoms with Gasteiger partial charge in [-0.1, -0.05) is 36.9 Å². The van der Waals surface area contributed by atoms with Crippen molar-refractivity contribution in [3.8, 4) is 22.3 Å². The lowest BCUT2D eigenvalue weighted by Crippen LogP contribution is -2.51. The molecule has 0 radical (unpaired) electrons. The third kappa shape index (κ3) is 11.1. The Kier molecular flexibility index (Phi) is 14.9. The Balaban J connectivity index is 0.697. The van der Waals surface area contributed by atoms with Gasteiger partial charge in [0.05, 0.1) is 57.2 Å². The molecule has 1 fully saturated rings. The average molecular weight is 929 g/mol. The van der Waals surface area contributed by atoms with Crippen molar-refractivity contribution in [1.82, 2.24) is 20.5 Å². The second-order valence-corrected chi connectivity index (χ2v) is 16.8. The molecule has 0 spiro atoms. The van der Waals surface area contributed by atoms with Gasteiger partial charge in [-0.05, 0) is 96.9 Å². The van der Waals surface area contributed by atoms with Gasteiger partial charge in [-0.3, -0.25) is 28.9 Å². The van der Waals surface area contributed by atoms with E-state index in [0.717, 1.165) is 16.0 Å². The van der Waals surface area contributed by atoms with Gasteiger partial charge >= 0.3 is 0 Å². The van der Waals surface area contributed by atoms with Gasteiger partial charge in [-0.2, -0.15) is 0 Å². The highest BCUT2D eigenvalue weighted by Crippen LogP contribution is 2.35. The lowest BCUT2D eigenvalue weighted by Gasteiger charge is -2.29. The molecule has 0 saturated carbocycles. The SMILES string of the molecule is C=C1CCC(N2C(=O)c3cccc(NCCOCCOCCOCCC(=O)Nc4cccc(NSc5ccc(-c6cnc(N)c(-c7ccc8c(c7)CCNC8=O)c6)c(F)c5)c4)c3C2=O)C(=O)N1. The number of carbonyl (C=O) groups excluding carboxylic acids is 5. The predicted molar refractivity (Wildman–Crippen MR) is 253 cm³/mol. The minimum atomic E-state index is -0.879. The number of piperidine rings is 1. The largest absolute Gasteiger partial charge is 0.383 e. The number of amides is 5. The first-order chi connectivity index (χ1) is 32.5. The number of carbonyl (C=O) groups is 5. The summed E-state index contributed by atoms with van der Waals surface area (Å²) in [4.78, 5) is 69.8. The van der Waals surface area contributed by atoms with E-state index in [1.807, 2.05) is 24.3 Å². The summed E-state index contributed by atoms with van der Waals surface area (Å²) in [5.41, 5.74) is 13.1. The van der Waals surface area contributed by atoms with Gasteiger partial charge < -0.3 is 45.9 Å². The molecule has 7 N–H and O–H groups in total. The van der Waals surface area contributed by atoms with Crippen molar-refractivity contribution >= 4 is 64.4 Å². The number of fused-ring (bicyclic) bond motifs is 2. The number of imide groups is 1. The molecule has 1 atom stereocenters. The molecular formula is C49H49FN8O8S. The summed E-state index contributed by atoms with van der Waals surface area (Å²) in [5, 5.41) is 11.5. The Bertz CT molecular complexity index is 2740. The van der Waals surface area contributed by atoms with E-state index in [9.17, 15) is 24.0 Å². The van der Waals surface area contributed by atoms with Crippen LogP contribution in [-0.4, -0.2) is 98.2 Å². The first kappa shape index (κ1) is 46.4. The number of aromatic nitrogens is 1. The van der Waals surface area contributed by atoms with E-state index in [2.05, 4.69) is 37.6 Å². The normalized spacial score (nSPS) is 15.4. The molecule has 8 rings (SSSR count). The van der Waals surface area contributed by atoms with Crippen LogP contribution in [0.5, 0.6) is 0 Å². The van der Waals surface area contributed by atoms with Crippen LogP contribution in [0.3, 0.4) is 0 Å². The van der Waals surface area contributed by atoms with E-state index in [-0.39, 0.29) is 36.0 Å². The second-order valence-electron chi connectivity index (χ2n) is 15.9. The van der Waals surface area contributed by atoms with Crippen molar-refractivity contribution in [3.63, 3.8) is 0 Å². The second kappa shape index (κ2) is 21.5. The Labute approximate surface area is 390 Å². The molecule has 1 saturated heterocycles. The molecular weight excluding hydrogens is 880 g/mol. The van der Waals surface area contributed by atoms with Gasteiger partial charge in [0, 0.05) is 69.2 Å². The summed E-state index contributed by atoms with van der Waals surface area (Å²) in [7, 11) is 0. The van der Waals surface area contributed by atoms with Crippen molar-refractivity contribution in [2.75, 3.05) is 73.8 Å². The van der Waals surface area contributed by atoms with Crippen molar-refractivity contribution in [2.45, 2.75) is 36.6 Å². The van der Waals surface area contributed by atoms with Gasteiger partial charge in [0.1, 0.15) is 17.7 Å². The molecule has 16 nitrogen and oxygen atoms in total. The number of ether oxygens (including phenoxy) is 3. The number of allylic oxidation sites excluding steroid dienone is 1. The fourth-order valence-electron chi connectivity index (χ4n) is 7.95. The third-order valence-corrected chi connectivity index (χ3v) is 12.1. The monoisotopic (exact) mass is 928 g/mol. The third-order valence-electron chi connectivity index (χ3n) is 11.3. The van der Waals surface area contributed by atoms with E-state index < -0.39 is 29.6 Å². The zero-order valence-corrected chi connectivity index (χ0v) is 37.3. The summed E-state index contributed by atoms with van der Waals surface area (Å²) in [6, 6.07) is 23.6. The van der Waals surface area contributed by atoms with E-state index >= 15 is 4.39 Å². The first-order valence-electron chi connectivity index (χ1n) is 21.8. The molecule has 0 aliphatic carbocycles. The summed E-state index contributed by atoms with van der Waals surface area (Å²) < 4.78 is 35.5. The Morgan fingerprint density at radius 3 is 2.39 bits per heavy atom. The van der Waals surface area contributed by atoms with Gasteiger partial charge in [-0.25, -0.2) is 9.37 Å². The summed E-state index contributed by atoms with van der Waals surface area (Å²) >= 11 is 1.23. The number of anilines is 4. The van der Waals surface area contributed by atoms with Crippen molar-refractivity contribution in [1.29, 1.82) is 0 Å². The smallest absolute Gasteiger partial charge is 0.264 e. The quantitative estimate of drug-likeness (QED) is 0.0283. The highest BCUT2D eigenvalue weighted by Gasteiger charge is 2.45. The number of hydrogen-bond acceptors (Lipinski definition) is 13. The topological polar surface area (TPSA) is 215 Å². The number of halogens is 1. The number of rotatable bonds is 20. The Hall–Kier alpha value is -7.12. The molecule has 18 heteroatoms. The molecule has 1 aromatic heterocycles. The van der Waals surface area contributed by atoms with Crippen molar-refractivity contribution in [3.05, 3.63) is 131 Å². The van der Waals surface area contributed by atoms with Gasteiger partial charge in [0.25, 0.3) is 17.7 Å². The van der Waals surface area contributed by atoms with Crippen LogP contribution < -0.4 is 31.7 Å². The number of nitrogens with one attached hydrogen (secondary N) is 5. The molecule has 4 aromatic carbocycles. The summed E-state index contributed by atoms with van der Waals surface area (Å²) in [6.07, 6.45) is 3.21. The number of nitrogens with zero attached hydrogens (tertiary/aromatic N) is 2. The highest BCUT2D eigenvalue weighted by atomic mass is 32.2. The van der Waals surface area contributed by atoms with Crippen LogP contribution in [0.4, 0.5) is 27.3 Å². The summed E-state index contributed by atoms with van der Waals surface area (Å²) in [5.74, 6) is -1.86. The number of benzene rings is 4. The zero-order chi connectivity index (χ0) is 46.9. The number of pyridine rings is 1. The Morgan fingerprint density at radius 2 is 1.58 bits per heavy atom. The molecule has 4 heterocycles. The fourth-order valence-corrected chi connectivity index (χ4v) is 8.61. The maximum absolute atomic E-state index is 15.5. The fraction of sp³-hybridized carbons (Fsp3) is 0.265. The zero-order valence-electron chi connectivity index (χ0n) is 36.5. The van der Waals surface area contributed by atoms with Crippen LogP contribution in [0.15, 0.2) is 108 Å². The molecule has 5 aromatic rings. The van der Waals surface area contributed by atoms with E-state index in [4.69, 9.17) is 19.9 Å². The number of nitrogen functional groups attached to an aromatic ring is 1. The average Bonchev–Trinajstić information content (AvgIpc) is 3.57. The molecule has 3 aliphatic heterocycles. The summed E-state index contributed by atoms with van der Waals surface area (Å²) in [6.45, 7) is 6.48. The lowest BCUT2D eigenvalue weighted by molar-refractivity contribution is -0.125. The number of nitrogens with two attached hydrogens (primary N) is 1. The van der Waals surface area contributed by atoms with Gasteiger partial charge in [0.2, 0.25) is 11.8 Å². The van der Waals surface area contributed by atoms with Crippen LogP contribution in [0.25, 0.3) is 22.3 Å². The van der Waals surface area contributed by atoms with Crippen LogP contribution in [-0.2, 0) is 30.2 Å². The van der Waals surface area contributed by atoms with Crippen LogP contribution >= 0.6 is 11.9 Å². The Morgan fingerprint density at radius 1 is 0.821 bits per heavy atom. The van der Waals surface area contributed by atoms with E-state index in [1.54, 1.807) is 60.8 Å². The molecule has 0 bridgehead atoms. The maximum atomic E-state index is 15.5. The predicted octanol–water partition coefficient (Wildman–Crippen LogP) is 6.42. The standard InChI is InChI=1S/C49H49FN8O8S/c1-29-8-13-42(47(61)55-29)58-48(62)38-6-3-7-41(44(38)49(58)63)52-17-19-65-21-23-66-22-20-64-18-15-43(59)56-33-4-2-5-34(26-33)57-67-35-10-12-36(40(50)27-35)32-25-39(45(51)54-28-32)30-9-11-37-31(24-30)14-16-53-46(37)60/h2-7,9-12,24-28,42,52,57H,1,8,13-23H2,(H2,51,54)(H,53,60)(H,55,61)(H,56,59).